The van der Waals surface area contributed by atoms with Crippen molar-refractivity contribution in [3.05, 3.63) is 53.1 Å². The second-order valence-corrected chi connectivity index (χ2v) is 5.14. The summed E-state index contributed by atoms with van der Waals surface area (Å²) in [4.78, 5) is 12.3. The predicted molar refractivity (Wildman–Crippen MR) is 80.8 cm³/mol. The number of benzene rings is 2. The van der Waals surface area contributed by atoms with Gasteiger partial charge in [-0.25, -0.2) is 0 Å². The fraction of sp³-hybridized carbons (Fsp3) is 0.235. The summed E-state index contributed by atoms with van der Waals surface area (Å²) >= 11 is 0. The van der Waals surface area contributed by atoms with Crippen LogP contribution in [0.5, 0.6) is 11.5 Å². The van der Waals surface area contributed by atoms with Crippen molar-refractivity contribution in [3.63, 3.8) is 0 Å². The first-order valence-corrected chi connectivity index (χ1v) is 6.88. The highest BCUT2D eigenvalue weighted by molar-refractivity contribution is 5.94. The van der Waals surface area contributed by atoms with E-state index in [0.29, 0.717) is 11.5 Å². The highest BCUT2D eigenvalue weighted by Gasteiger charge is 2.19. The van der Waals surface area contributed by atoms with E-state index in [9.17, 15) is 4.79 Å². The standard InChI is InChI=1S/C17H17NO3/c1-11-5-3-6-12(2)16(11)18-15(19)9-13-7-4-8-14-17(13)21-10-20-14/h3-8H,9-10H2,1-2H3,(H,18,19). The molecule has 0 unspecified atom stereocenters. The maximum absolute atomic E-state index is 12.3. The lowest BCUT2D eigenvalue weighted by Crippen LogP contribution is -2.16. The second-order valence-electron chi connectivity index (χ2n) is 5.14. The van der Waals surface area contributed by atoms with Crippen LogP contribution < -0.4 is 14.8 Å². The molecule has 0 atom stereocenters. The zero-order chi connectivity index (χ0) is 14.8. The van der Waals surface area contributed by atoms with Crippen LogP contribution in [0.25, 0.3) is 0 Å². The van der Waals surface area contributed by atoms with Crippen molar-refractivity contribution in [2.24, 2.45) is 0 Å². The van der Waals surface area contributed by atoms with Crippen LogP contribution in [-0.2, 0) is 11.2 Å². The normalized spacial score (nSPS) is 12.3. The van der Waals surface area contributed by atoms with Crippen molar-refractivity contribution in [2.45, 2.75) is 20.3 Å². The Morgan fingerprint density at radius 2 is 1.81 bits per heavy atom. The molecule has 2 aromatic rings. The monoisotopic (exact) mass is 283 g/mol. The van der Waals surface area contributed by atoms with E-state index in [1.54, 1.807) is 0 Å². The summed E-state index contributed by atoms with van der Waals surface area (Å²) in [6.07, 6.45) is 0.264. The minimum absolute atomic E-state index is 0.0590. The van der Waals surface area contributed by atoms with Crippen molar-refractivity contribution in [1.29, 1.82) is 0 Å². The van der Waals surface area contributed by atoms with Crippen LogP contribution in [0, 0.1) is 13.8 Å². The summed E-state index contributed by atoms with van der Waals surface area (Å²) in [5.74, 6) is 1.32. The molecule has 0 fully saturated rings. The molecule has 108 valence electrons. The third kappa shape index (κ3) is 2.70. The van der Waals surface area contributed by atoms with E-state index in [-0.39, 0.29) is 19.1 Å². The van der Waals surface area contributed by atoms with E-state index >= 15 is 0 Å². The summed E-state index contributed by atoms with van der Waals surface area (Å²) in [5.41, 5.74) is 3.84. The van der Waals surface area contributed by atoms with Crippen molar-refractivity contribution >= 4 is 11.6 Å². The Bertz CT molecular complexity index is 674. The van der Waals surface area contributed by atoms with Crippen LogP contribution in [-0.4, -0.2) is 12.7 Å². The highest BCUT2D eigenvalue weighted by Crippen LogP contribution is 2.35. The number of rotatable bonds is 3. The molecule has 4 heteroatoms. The average Bonchev–Trinajstić information content (AvgIpc) is 2.93. The molecule has 21 heavy (non-hydrogen) atoms. The molecule has 0 saturated carbocycles. The molecule has 0 aliphatic carbocycles. The van der Waals surface area contributed by atoms with Crippen LogP contribution >= 0.6 is 0 Å². The third-order valence-electron chi connectivity index (χ3n) is 3.57. The Morgan fingerprint density at radius 1 is 1.10 bits per heavy atom. The van der Waals surface area contributed by atoms with Crippen LogP contribution in [0.15, 0.2) is 36.4 Å². The fourth-order valence-corrected chi connectivity index (χ4v) is 2.50. The van der Waals surface area contributed by atoms with Gasteiger partial charge in [-0.3, -0.25) is 4.79 Å². The minimum atomic E-state index is -0.0590. The molecular formula is C17H17NO3. The third-order valence-corrected chi connectivity index (χ3v) is 3.57. The van der Waals surface area contributed by atoms with E-state index < -0.39 is 0 Å². The molecule has 0 saturated heterocycles. The number of ether oxygens (including phenoxy) is 2. The maximum Gasteiger partial charge on any atom is 0.231 e. The topological polar surface area (TPSA) is 47.6 Å². The van der Waals surface area contributed by atoms with Crippen LogP contribution in [0.1, 0.15) is 16.7 Å². The van der Waals surface area contributed by atoms with Gasteiger partial charge in [0.1, 0.15) is 0 Å². The number of amides is 1. The van der Waals surface area contributed by atoms with Crippen molar-refractivity contribution in [2.75, 3.05) is 12.1 Å². The number of hydrogen-bond donors (Lipinski definition) is 1. The van der Waals surface area contributed by atoms with Gasteiger partial charge in [-0.1, -0.05) is 30.3 Å². The molecule has 1 amide bonds. The van der Waals surface area contributed by atoms with Gasteiger partial charge in [-0.15, -0.1) is 0 Å². The van der Waals surface area contributed by atoms with Gasteiger partial charge in [0.05, 0.1) is 6.42 Å². The first-order valence-electron chi connectivity index (χ1n) is 6.88. The van der Waals surface area contributed by atoms with Crippen molar-refractivity contribution < 1.29 is 14.3 Å². The smallest absolute Gasteiger partial charge is 0.231 e. The molecular weight excluding hydrogens is 266 g/mol. The number of aryl methyl sites for hydroxylation is 2. The van der Waals surface area contributed by atoms with Gasteiger partial charge in [0.15, 0.2) is 11.5 Å². The average molecular weight is 283 g/mol. The fourth-order valence-electron chi connectivity index (χ4n) is 2.50. The lowest BCUT2D eigenvalue weighted by atomic mass is 10.1. The van der Waals surface area contributed by atoms with Crippen LogP contribution in [0.2, 0.25) is 0 Å². The van der Waals surface area contributed by atoms with E-state index in [4.69, 9.17) is 9.47 Å². The number of carbonyl (C=O) groups is 1. The van der Waals surface area contributed by atoms with Gasteiger partial charge in [-0.05, 0) is 31.0 Å². The lowest BCUT2D eigenvalue weighted by Gasteiger charge is -2.12. The lowest BCUT2D eigenvalue weighted by molar-refractivity contribution is -0.115. The van der Waals surface area contributed by atoms with E-state index in [2.05, 4.69) is 5.32 Å². The molecule has 0 aromatic heterocycles. The Balaban J connectivity index is 1.77. The Labute approximate surface area is 123 Å². The summed E-state index contributed by atoms with van der Waals surface area (Å²) in [5, 5.41) is 2.98. The Kier molecular flexibility index (Phi) is 3.52. The molecule has 1 aliphatic rings. The zero-order valence-corrected chi connectivity index (χ0v) is 12.1. The molecule has 4 nitrogen and oxygen atoms in total. The van der Waals surface area contributed by atoms with Gasteiger partial charge >= 0.3 is 0 Å². The summed E-state index contributed by atoms with van der Waals surface area (Å²) < 4.78 is 10.7. The molecule has 0 spiro atoms. The minimum Gasteiger partial charge on any atom is -0.454 e. The largest absolute Gasteiger partial charge is 0.454 e. The SMILES string of the molecule is Cc1cccc(C)c1NC(=O)Cc1cccc2c1OCO2. The number of anilines is 1. The maximum atomic E-state index is 12.3. The van der Waals surface area contributed by atoms with Crippen LogP contribution in [0.3, 0.4) is 0 Å². The van der Waals surface area contributed by atoms with Gasteiger partial charge in [0.25, 0.3) is 0 Å². The summed E-state index contributed by atoms with van der Waals surface area (Å²) in [6.45, 7) is 4.18. The molecule has 0 bridgehead atoms. The van der Waals surface area contributed by atoms with E-state index in [1.807, 2.05) is 50.2 Å². The Hall–Kier alpha value is -2.49. The van der Waals surface area contributed by atoms with Gasteiger partial charge in [0.2, 0.25) is 12.7 Å². The molecule has 1 heterocycles. The van der Waals surface area contributed by atoms with Crippen LogP contribution in [0.4, 0.5) is 5.69 Å². The molecule has 2 aromatic carbocycles. The number of nitrogens with one attached hydrogen (secondary N) is 1. The quantitative estimate of drug-likeness (QED) is 0.941. The second kappa shape index (κ2) is 5.48. The predicted octanol–water partition coefficient (Wildman–Crippen LogP) is 3.21. The van der Waals surface area contributed by atoms with Gasteiger partial charge < -0.3 is 14.8 Å². The molecule has 3 rings (SSSR count). The van der Waals surface area contributed by atoms with Crippen molar-refractivity contribution in [1.82, 2.24) is 0 Å². The number of carbonyl (C=O) groups excluding carboxylic acids is 1. The zero-order valence-electron chi connectivity index (χ0n) is 12.1. The first-order chi connectivity index (χ1) is 10.1. The Morgan fingerprint density at radius 3 is 2.57 bits per heavy atom. The van der Waals surface area contributed by atoms with E-state index in [0.717, 1.165) is 22.4 Å². The highest BCUT2D eigenvalue weighted by atomic mass is 16.7. The summed E-state index contributed by atoms with van der Waals surface area (Å²) in [7, 11) is 0. The molecule has 0 radical (unpaired) electrons. The number of para-hydroxylation sites is 2. The van der Waals surface area contributed by atoms with Crippen molar-refractivity contribution in [3.8, 4) is 11.5 Å². The molecule has 1 N–H and O–H groups in total. The first kappa shape index (κ1) is 13.5. The van der Waals surface area contributed by atoms with Gasteiger partial charge in [0, 0.05) is 11.3 Å². The van der Waals surface area contributed by atoms with Gasteiger partial charge in [-0.2, -0.15) is 0 Å². The van der Waals surface area contributed by atoms with E-state index in [1.165, 1.54) is 0 Å². The number of fused-ring (bicyclic) bond motifs is 1. The number of hydrogen-bond acceptors (Lipinski definition) is 3. The molecule has 1 aliphatic heterocycles. The summed E-state index contributed by atoms with van der Waals surface area (Å²) in [6, 6.07) is 11.6.